The van der Waals surface area contributed by atoms with E-state index in [1.165, 1.54) is 12.8 Å². The molecule has 0 saturated carbocycles. The van der Waals surface area contributed by atoms with E-state index in [9.17, 15) is 4.79 Å². The zero-order valence-corrected chi connectivity index (χ0v) is 19.9. The summed E-state index contributed by atoms with van der Waals surface area (Å²) in [6.45, 7) is 8.36. The van der Waals surface area contributed by atoms with E-state index in [0.717, 1.165) is 36.5 Å². The average molecular weight is 467 g/mol. The van der Waals surface area contributed by atoms with Gasteiger partial charge < -0.3 is 20.3 Å². The quantitative estimate of drug-likeness (QED) is 0.256. The Balaban J connectivity index is 1.42. The van der Waals surface area contributed by atoms with Crippen molar-refractivity contribution in [2.24, 2.45) is 0 Å². The molecule has 2 N–H and O–H groups in total. The van der Waals surface area contributed by atoms with Gasteiger partial charge in [0.15, 0.2) is 0 Å². The molecule has 1 aliphatic heterocycles. The maximum absolute atomic E-state index is 12.7. The lowest BCUT2D eigenvalue weighted by molar-refractivity contribution is 0.0950. The fourth-order valence-electron chi connectivity index (χ4n) is 4.08. The van der Waals surface area contributed by atoms with Crippen LogP contribution in [-0.4, -0.2) is 61.4 Å². The molecule has 4 rings (SSSR count). The molecule has 1 fully saturated rings. The van der Waals surface area contributed by atoms with Gasteiger partial charge in [0, 0.05) is 36.1 Å². The Labute approximate surface area is 208 Å². The molecule has 2 heterocycles. The number of carbonyl (C=O) groups excluding carboxylic acids is 1. The summed E-state index contributed by atoms with van der Waals surface area (Å²) in [6, 6.07) is 15.1. The second kappa shape index (κ2) is 12.3. The minimum Gasteiger partial charge on any atom is -0.373 e. The van der Waals surface area contributed by atoms with Gasteiger partial charge in [0.2, 0.25) is 5.95 Å². The molecule has 1 saturated heterocycles. The van der Waals surface area contributed by atoms with Crippen molar-refractivity contribution in [3.8, 4) is 11.3 Å². The first-order chi connectivity index (χ1) is 17.1. The van der Waals surface area contributed by atoms with Crippen LogP contribution in [0.15, 0.2) is 67.4 Å². The lowest BCUT2D eigenvalue weighted by Gasteiger charge is -2.15. The van der Waals surface area contributed by atoms with E-state index in [0.29, 0.717) is 42.4 Å². The van der Waals surface area contributed by atoms with Gasteiger partial charge in [0.05, 0.1) is 18.9 Å². The van der Waals surface area contributed by atoms with Crippen LogP contribution in [0.4, 0.5) is 11.6 Å². The van der Waals surface area contributed by atoms with Crippen molar-refractivity contribution in [2.45, 2.75) is 19.4 Å². The predicted octanol–water partition coefficient (Wildman–Crippen LogP) is 3.21. The number of benzene rings is 2. The number of hydrogen-bond donors (Lipinski definition) is 2. The summed E-state index contributed by atoms with van der Waals surface area (Å²) in [5.74, 6) is 0.270. The number of nitrogens with one attached hydrogen (secondary N) is 2. The Hall–Kier alpha value is -3.49. The molecular weight excluding hydrogens is 437 g/mol. The molecule has 1 aliphatic rings. The first kappa shape index (κ1) is 24.6. The van der Waals surface area contributed by atoms with Gasteiger partial charge in [-0.2, -0.15) is 0 Å². The summed E-state index contributed by atoms with van der Waals surface area (Å²) in [5, 5.41) is 6.17. The van der Waals surface area contributed by atoms with Crippen LogP contribution < -0.4 is 16.1 Å². The second-order valence-electron chi connectivity index (χ2n) is 8.54. The molecule has 2 aromatic carbocycles. The number of rotatable bonds is 11. The third-order valence-electron chi connectivity index (χ3n) is 5.77. The van der Waals surface area contributed by atoms with Crippen LogP contribution in [0.1, 0.15) is 28.8 Å². The van der Waals surface area contributed by atoms with Crippen molar-refractivity contribution in [1.82, 2.24) is 20.2 Å². The molecule has 7 nitrogen and oxygen atoms in total. The highest BCUT2D eigenvalue weighted by Crippen LogP contribution is 2.21. The van der Waals surface area contributed by atoms with E-state index >= 15 is 0 Å². The summed E-state index contributed by atoms with van der Waals surface area (Å²) >= 11 is 0. The fourth-order valence-corrected chi connectivity index (χ4v) is 4.08. The summed E-state index contributed by atoms with van der Waals surface area (Å²) in [7, 11) is 6.08. The van der Waals surface area contributed by atoms with Gasteiger partial charge >= 0.3 is 0 Å². The lowest BCUT2D eigenvalue weighted by atomic mass is 9.93. The standard InChI is InChI=1S/C27H30BN5O2/c1-2-14-35-19-20-6-5-7-21(15-20)25-8-9-30-27(32-25)31-24-17-22(16-23(28)18-24)26(34)29-10-13-33-11-3-4-12-33/h2,5-9,15-18H,1,3-4,10-14,19H2,(H,29,34)(H,30,31,32). The Bertz CT molecular complexity index is 1160. The summed E-state index contributed by atoms with van der Waals surface area (Å²) < 4.78 is 5.54. The normalized spacial score (nSPS) is 13.5. The molecule has 0 atom stereocenters. The highest BCUT2D eigenvalue weighted by Gasteiger charge is 2.13. The molecule has 0 spiro atoms. The minimum atomic E-state index is -0.148. The topological polar surface area (TPSA) is 79.4 Å². The average Bonchev–Trinajstić information content (AvgIpc) is 3.38. The summed E-state index contributed by atoms with van der Waals surface area (Å²) in [5.41, 5.74) is 4.42. The molecule has 35 heavy (non-hydrogen) atoms. The van der Waals surface area contributed by atoms with Crippen LogP contribution in [0.25, 0.3) is 11.3 Å². The molecule has 178 valence electrons. The number of likely N-dealkylation sites (tertiary alicyclic amines) is 1. The van der Waals surface area contributed by atoms with Gasteiger partial charge in [-0.3, -0.25) is 4.79 Å². The third-order valence-corrected chi connectivity index (χ3v) is 5.77. The van der Waals surface area contributed by atoms with E-state index in [1.54, 1.807) is 30.5 Å². The highest BCUT2D eigenvalue weighted by molar-refractivity contribution is 6.33. The van der Waals surface area contributed by atoms with Gasteiger partial charge in [-0.25, -0.2) is 9.97 Å². The van der Waals surface area contributed by atoms with Crippen molar-refractivity contribution < 1.29 is 9.53 Å². The van der Waals surface area contributed by atoms with Gasteiger partial charge in [-0.1, -0.05) is 35.8 Å². The van der Waals surface area contributed by atoms with Gasteiger partial charge in [0.1, 0.15) is 7.85 Å². The molecular formula is C27H30BN5O2. The predicted molar refractivity (Wildman–Crippen MR) is 140 cm³/mol. The fraction of sp³-hybridized carbons (Fsp3) is 0.296. The molecule has 1 amide bonds. The van der Waals surface area contributed by atoms with Crippen molar-refractivity contribution in [3.63, 3.8) is 0 Å². The first-order valence-electron chi connectivity index (χ1n) is 11.9. The smallest absolute Gasteiger partial charge is 0.251 e. The van der Waals surface area contributed by atoms with Crippen LogP contribution in [0, 0.1) is 0 Å². The van der Waals surface area contributed by atoms with Crippen molar-refractivity contribution in [3.05, 3.63) is 78.5 Å². The first-order valence-corrected chi connectivity index (χ1v) is 11.9. The number of amides is 1. The molecule has 2 radical (unpaired) electrons. The Morgan fingerprint density at radius 3 is 2.86 bits per heavy atom. The number of hydrogen-bond acceptors (Lipinski definition) is 6. The van der Waals surface area contributed by atoms with E-state index in [1.807, 2.05) is 30.3 Å². The number of carbonyl (C=O) groups is 1. The van der Waals surface area contributed by atoms with Crippen LogP contribution in [0.5, 0.6) is 0 Å². The highest BCUT2D eigenvalue weighted by atomic mass is 16.5. The van der Waals surface area contributed by atoms with Crippen molar-refractivity contribution >= 4 is 30.9 Å². The van der Waals surface area contributed by atoms with Gasteiger partial charge in [0.25, 0.3) is 5.91 Å². The monoisotopic (exact) mass is 467 g/mol. The van der Waals surface area contributed by atoms with Gasteiger partial charge in [-0.15, -0.1) is 6.58 Å². The van der Waals surface area contributed by atoms with Gasteiger partial charge in [-0.05, 0) is 55.8 Å². The van der Waals surface area contributed by atoms with E-state index in [4.69, 9.17) is 12.6 Å². The summed E-state index contributed by atoms with van der Waals surface area (Å²) in [4.78, 5) is 24.0. The Kier molecular flexibility index (Phi) is 8.65. The maximum Gasteiger partial charge on any atom is 0.251 e. The SMILES string of the molecule is [B]c1cc(Nc2nccc(-c3cccc(COCC=C)c3)n2)cc(C(=O)NCCN2CCCC2)c1. The van der Waals surface area contributed by atoms with Crippen LogP contribution in [-0.2, 0) is 11.3 Å². The van der Waals surface area contributed by atoms with Crippen LogP contribution in [0.3, 0.4) is 0 Å². The van der Waals surface area contributed by atoms with E-state index < -0.39 is 0 Å². The third kappa shape index (κ3) is 7.25. The van der Waals surface area contributed by atoms with Crippen LogP contribution >= 0.6 is 0 Å². The van der Waals surface area contributed by atoms with Crippen molar-refractivity contribution in [2.75, 3.05) is 38.1 Å². The molecule has 3 aromatic rings. The molecule has 8 heteroatoms. The largest absolute Gasteiger partial charge is 0.373 e. The maximum atomic E-state index is 12.7. The minimum absolute atomic E-state index is 0.148. The zero-order valence-electron chi connectivity index (χ0n) is 19.9. The zero-order chi connectivity index (χ0) is 24.5. The number of ether oxygens (including phenoxy) is 1. The van der Waals surface area contributed by atoms with Crippen LogP contribution in [0.2, 0.25) is 0 Å². The number of nitrogens with zero attached hydrogens (tertiary/aromatic N) is 3. The lowest BCUT2D eigenvalue weighted by Crippen LogP contribution is -2.33. The second-order valence-corrected chi connectivity index (χ2v) is 8.54. The number of aromatic nitrogens is 2. The molecule has 0 bridgehead atoms. The molecule has 0 unspecified atom stereocenters. The summed E-state index contributed by atoms with van der Waals surface area (Å²) in [6.07, 6.45) is 5.89. The number of anilines is 2. The van der Waals surface area contributed by atoms with Crippen molar-refractivity contribution in [1.29, 1.82) is 0 Å². The molecule has 0 aliphatic carbocycles. The van der Waals surface area contributed by atoms with E-state index in [2.05, 4.69) is 32.1 Å². The molecule has 1 aromatic heterocycles. The van der Waals surface area contributed by atoms with E-state index in [-0.39, 0.29) is 5.91 Å². The Morgan fingerprint density at radius 1 is 1.17 bits per heavy atom. The Morgan fingerprint density at radius 2 is 2.03 bits per heavy atom.